The molecule has 1 heterocycles. The first-order valence-corrected chi connectivity index (χ1v) is 9.81. The summed E-state index contributed by atoms with van der Waals surface area (Å²) in [5, 5.41) is 1.64. The van der Waals surface area contributed by atoms with Gasteiger partial charge in [0, 0.05) is 12.1 Å². The molecule has 7 heteroatoms. The summed E-state index contributed by atoms with van der Waals surface area (Å²) in [7, 11) is -2.24. The average Bonchev–Trinajstić information content (AvgIpc) is 3.23. The number of ether oxygens (including phenoxy) is 1. The number of methoxy groups -OCH3 is 1. The molecule has 1 N–H and O–H groups in total. The number of amides is 1. The van der Waals surface area contributed by atoms with Crippen LogP contribution in [0.2, 0.25) is 0 Å². The van der Waals surface area contributed by atoms with Crippen molar-refractivity contribution in [3.63, 3.8) is 0 Å². The third-order valence-electron chi connectivity index (χ3n) is 4.09. The van der Waals surface area contributed by atoms with Crippen LogP contribution in [-0.2, 0) is 9.84 Å². The lowest BCUT2D eigenvalue weighted by Crippen LogP contribution is -2.31. The zero-order valence-corrected chi connectivity index (χ0v) is 15.5. The second-order valence-electron chi connectivity index (χ2n) is 5.80. The van der Waals surface area contributed by atoms with E-state index >= 15 is 0 Å². The van der Waals surface area contributed by atoms with Gasteiger partial charge in [0.05, 0.1) is 18.3 Å². The number of benzene rings is 2. The van der Waals surface area contributed by atoms with Gasteiger partial charge in [0.25, 0.3) is 5.91 Å². The van der Waals surface area contributed by atoms with Crippen LogP contribution in [0.3, 0.4) is 0 Å². The summed E-state index contributed by atoms with van der Waals surface area (Å²) in [4.78, 5) is 12.6. The molecular weight excluding hydrogens is 366 g/mol. The molecule has 1 aromatic heterocycles. The summed E-state index contributed by atoms with van der Waals surface area (Å²) in [6, 6.07) is 17.9. The molecule has 140 valence electrons. The van der Waals surface area contributed by atoms with Gasteiger partial charge in [-0.3, -0.25) is 4.79 Å². The second-order valence-corrected chi connectivity index (χ2v) is 7.93. The predicted octanol–water partition coefficient (Wildman–Crippen LogP) is 3.23. The maximum atomic E-state index is 13.0. The van der Waals surface area contributed by atoms with Crippen LogP contribution >= 0.6 is 0 Å². The highest BCUT2D eigenvalue weighted by molar-refractivity contribution is 7.91. The van der Waals surface area contributed by atoms with E-state index in [9.17, 15) is 13.2 Å². The van der Waals surface area contributed by atoms with Crippen LogP contribution in [-0.4, -0.2) is 28.0 Å². The summed E-state index contributed by atoms with van der Waals surface area (Å²) in [6.07, 6.45) is 1.41. The molecule has 0 fully saturated rings. The molecule has 6 nitrogen and oxygen atoms in total. The van der Waals surface area contributed by atoms with Crippen molar-refractivity contribution in [2.75, 3.05) is 13.7 Å². The van der Waals surface area contributed by atoms with Gasteiger partial charge in [0.2, 0.25) is 0 Å². The molecule has 0 radical (unpaired) electrons. The highest BCUT2D eigenvalue weighted by atomic mass is 32.2. The number of carbonyl (C=O) groups excluding carboxylic acids is 1. The van der Waals surface area contributed by atoms with E-state index in [1.165, 1.54) is 25.5 Å². The Balaban J connectivity index is 1.84. The van der Waals surface area contributed by atoms with Crippen molar-refractivity contribution in [1.82, 2.24) is 5.32 Å². The Morgan fingerprint density at radius 3 is 2.52 bits per heavy atom. The smallest absolute Gasteiger partial charge is 0.251 e. The van der Waals surface area contributed by atoms with Crippen LogP contribution < -0.4 is 10.1 Å². The van der Waals surface area contributed by atoms with E-state index < -0.39 is 21.0 Å². The largest absolute Gasteiger partial charge is 0.497 e. The third kappa shape index (κ3) is 4.20. The normalized spacial score (nSPS) is 12.3. The molecule has 0 saturated heterocycles. The van der Waals surface area contributed by atoms with Crippen molar-refractivity contribution in [3.8, 4) is 5.75 Å². The van der Waals surface area contributed by atoms with Crippen LogP contribution in [0, 0.1) is 0 Å². The van der Waals surface area contributed by atoms with E-state index in [0.717, 1.165) is 0 Å². The fourth-order valence-electron chi connectivity index (χ4n) is 2.66. The van der Waals surface area contributed by atoms with E-state index in [1.54, 1.807) is 54.6 Å². The van der Waals surface area contributed by atoms with Crippen molar-refractivity contribution in [1.29, 1.82) is 0 Å². The zero-order chi connectivity index (χ0) is 19.3. The Bertz CT molecular complexity index is 998. The van der Waals surface area contributed by atoms with E-state index in [0.29, 0.717) is 11.3 Å². The van der Waals surface area contributed by atoms with Gasteiger partial charge in [-0.1, -0.05) is 24.3 Å². The van der Waals surface area contributed by atoms with Gasteiger partial charge in [0.15, 0.2) is 9.84 Å². The molecule has 3 rings (SSSR count). The summed E-state index contributed by atoms with van der Waals surface area (Å²) in [5.74, 6) is 0.417. The summed E-state index contributed by atoms with van der Waals surface area (Å²) < 4.78 is 36.5. The fraction of sp³-hybridized carbons (Fsp3) is 0.150. The number of sulfone groups is 1. The summed E-state index contributed by atoms with van der Waals surface area (Å²) in [6.45, 7) is -0.124. The molecule has 0 bridgehead atoms. The minimum atomic E-state index is -3.75. The SMILES string of the molecule is COc1cccc(C(=O)NC[C@H](c2ccco2)S(=O)(=O)c2ccccc2)c1. The van der Waals surface area contributed by atoms with E-state index in [2.05, 4.69) is 5.32 Å². The molecule has 1 atom stereocenters. The Labute approximate surface area is 157 Å². The van der Waals surface area contributed by atoms with E-state index in [1.807, 2.05) is 0 Å². The van der Waals surface area contributed by atoms with Crippen molar-refractivity contribution in [3.05, 3.63) is 84.3 Å². The molecule has 0 saturated carbocycles. The van der Waals surface area contributed by atoms with Crippen LogP contribution in [0.1, 0.15) is 21.4 Å². The summed E-state index contributed by atoms with van der Waals surface area (Å²) in [5.41, 5.74) is 0.379. The number of rotatable bonds is 7. The molecular formula is C20H19NO5S. The van der Waals surface area contributed by atoms with Gasteiger partial charge in [-0.05, 0) is 42.5 Å². The standard InChI is InChI=1S/C20H19NO5S/c1-25-16-8-5-7-15(13-16)20(22)21-14-19(18-11-6-12-26-18)27(23,24)17-9-3-2-4-10-17/h2-13,19H,14H2,1H3,(H,21,22)/t19-/m1/s1. The van der Waals surface area contributed by atoms with Crippen LogP contribution in [0.15, 0.2) is 82.3 Å². The lowest BCUT2D eigenvalue weighted by molar-refractivity contribution is 0.0953. The maximum absolute atomic E-state index is 13.0. The van der Waals surface area contributed by atoms with Gasteiger partial charge in [-0.15, -0.1) is 0 Å². The molecule has 0 spiro atoms. The quantitative estimate of drug-likeness (QED) is 0.675. The van der Waals surface area contributed by atoms with E-state index in [4.69, 9.17) is 9.15 Å². The maximum Gasteiger partial charge on any atom is 0.251 e. The molecule has 0 aliphatic carbocycles. The summed E-state index contributed by atoms with van der Waals surface area (Å²) >= 11 is 0. The van der Waals surface area contributed by atoms with Gasteiger partial charge in [-0.2, -0.15) is 0 Å². The molecule has 27 heavy (non-hydrogen) atoms. The second kappa shape index (κ2) is 8.09. The molecule has 0 aliphatic rings. The van der Waals surface area contributed by atoms with E-state index in [-0.39, 0.29) is 17.2 Å². The van der Waals surface area contributed by atoms with Gasteiger partial charge in [-0.25, -0.2) is 8.42 Å². The first-order valence-electron chi connectivity index (χ1n) is 8.27. The fourth-order valence-corrected chi connectivity index (χ4v) is 4.27. The van der Waals surface area contributed by atoms with Gasteiger partial charge < -0.3 is 14.5 Å². The molecule has 2 aromatic carbocycles. The number of hydrogen-bond donors (Lipinski definition) is 1. The molecule has 3 aromatic rings. The minimum absolute atomic E-state index is 0.124. The van der Waals surface area contributed by atoms with Crippen molar-refractivity contribution in [2.24, 2.45) is 0 Å². The molecule has 1 amide bonds. The van der Waals surface area contributed by atoms with Crippen molar-refractivity contribution in [2.45, 2.75) is 10.1 Å². The van der Waals surface area contributed by atoms with Gasteiger partial charge >= 0.3 is 0 Å². The monoisotopic (exact) mass is 385 g/mol. The lowest BCUT2D eigenvalue weighted by atomic mass is 10.2. The average molecular weight is 385 g/mol. The Morgan fingerprint density at radius 2 is 1.85 bits per heavy atom. The first-order chi connectivity index (χ1) is 13.0. The third-order valence-corrected chi connectivity index (χ3v) is 6.16. The lowest BCUT2D eigenvalue weighted by Gasteiger charge is -2.17. The van der Waals surface area contributed by atoms with Crippen molar-refractivity contribution >= 4 is 15.7 Å². The first kappa shape index (κ1) is 18.7. The van der Waals surface area contributed by atoms with Crippen molar-refractivity contribution < 1.29 is 22.4 Å². The number of nitrogens with one attached hydrogen (secondary N) is 1. The highest BCUT2D eigenvalue weighted by Gasteiger charge is 2.31. The van der Waals surface area contributed by atoms with Crippen LogP contribution in [0.4, 0.5) is 0 Å². The topological polar surface area (TPSA) is 85.6 Å². The van der Waals surface area contributed by atoms with Crippen LogP contribution in [0.5, 0.6) is 5.75 Å². The number of furan rings is 1. The molecule has 0 aliphatic heterocycles. The Hall–Kier alpha value is -3.06. The minimum Gasteiger partial charge on any atom is -0.497 e. The number of hydrogen-bond acceptors (Lipinski definition) is 5. The Morgan fingerprint density at radius 1 is 1.07 bits per heavy atom. The highest BCUT2D eigenvalue weighted by Crippen LogP contribution is 2.28. The molecule has 0 unspecified atom stereocenters. The predicted molar refractivity (Wildman–Crippen MR) is 100 cm³/mol. The van der Waals surface area contributed by atoms with Gasteiger partial charge in [0.1, 0.15) is 16.8 Å². The zero-order valence-electron chi connectivity index (χ0n) is 14.7. The Kier molecular flexibility index (Phi) is 5.61. The number of carbonyl (C=O) groups is 1. The van der Waals surface area contributed by atoms with Crippen LogP contribution in [0.25, 0.3) is 0 Å².